The van der Waals surface area contributed by atoms with Crippen molar-refractivity contribution in [2.24, 2.45) is 5.92 Å². The Hall–Kier alpha value is -2.49. The lowest BCUT2D eigenvalue weighted by Crippen LogP contribution is -2.22. The van der Waals surface area contributed by atoms with Crippen LogP contribution in [0.1, 0.15) is 36.9 Å². The van der Waals surface area contributed by atoms with E-state index < -0.39 is 5.92 Å². The minimum atomic E-state index is -0.770. The van der Waals surface area contributed by atoms with Crippen molar-refractivity contribution in [1.29, 1.82) is 0 Å². The average molecular weight is 298 g/mol. The van der Waals surface area contributed by atoms with Crippen LogP contribution in [-0.2, 0) is 16.0 Å². The molecule has 4 nitrogen and oxygen atoms in total. The molecule has 4 heteroatoms. The second-order valence-electron chi connectivity index (χ2n) is 5.35. The highest BCUT2D eigenvalue weighted by atomic mass is 16.3. The van der Waals surface area contributed by atoms with Crippen molar-refractivity contribution in [3.05, 3.63) is 47.7 Å². The molecule has 0 bridgehead atoms. The number of carbonyl (C=O) groups is 3. The van der Waals surface area contributed by atoms with Gasteiger partial charge in [-0.05, 0) is 26.8 Å². The molecule has 2 rings (SSSR count). The zero-order chi connectivity index (χ0) is 16.3. The SMILES string of the molecule is CC(=O)c1cc(-c2ccccc2)oc1CC(C(C)=O)C(C)=O. The van der Waals surface area contributed by atoms with Crippen LogP contribution in [-0.4, -0.2) is 17.3 Å². The first-order valence-electron chi connectivity index (χ1n) is 7.10. The summed E-state index contributed by atoms with van der Waals surface area (Å²) in [6, 6.07) is 11.1. The predicted octanol–water partition coefficient (Wildman–Crippen LogP) is 3.49. The second-order valence-corrected chi connectivity index (χ2v) is 5.35. The lowest BCUT2D eigenvalue weighted by Gasteiger charge is -2.08. The molecule has 0 aliphatic carbocycles. The second kappa shape index (κ2) is 6.52. The molecule has 0 spiro atoms. The van der Waals surface area contributed by atoms with Gasteiger partial charge in [0.1, 0.15) is 23.1 Å². The number of furan rings is 1. The number of rotatable bonds is 6. The van der Waals surface area contributed by atoms with Crippen LogP contribution in [0.15, 0.2) is 40.8 Å². The zero-order valence-electron chi connectivity index (χ0n) is 12.9. The largest absolute Gasteiger partial charge is 0.460 e. The van der Waals surface area contributed by atoms with Gasteiger partial charge in [0.05, 0.1) is 11.5 Å². The first-order valence-corrected chi connectivity index (χ1v) is 7.10. The molecule has 1 aromatic carbocycles. The third kappa shape index (κ3) is 3.39. The predicted molar refractivity (Wildman–Crippen MR) is 82.7 cm³/mol. The van der Waals surface area contributed by atoms with Gasteiger partial charge in [-0.25, -0.2) is 0 Å². The lowest BCUT2D eigenvalue weighted by molar-refractivity contribution is -0.130. The number of hydrogen-bond donors (Lipinski definition) is 0. The minimum Gasteiger partial charge on any atom is -0.460 e. The summed E-state index contributed by atoms with van der Waals surface area (Å²) in [5, 5.41) is 0. The summed E-state index contributed by atoms with van der Waals surface area (Å²) in [6.45, 7) is 4.20. The summed E-state index contributed by atoms with van der Waals surface area (Å²) in [7, 11) is 0. The quantitative estimate of drug-likeness (QED) is 0.605. The van der Waals surface area contributed by atoms with Crippen LogP contribution in [0.3, 0.4) is 0 Å². The van der Waals surface area contributed by atoms with Gasteiger partial charge in [-0.15, -0.1) is 0 Å². The molecule has 0 unspecified atom stereocenters. The van der Waals surface area contributed by atoms with E-state index in [4.69, 9.17) is 4.42 Å². The Morgan fingerprint density at radius 1 is 1.00 bits per heavy atom. The number of hydrogen-bond acceptors (Lipinski definition) is 4. The van der Waals surface area contributed by atoms with E-state index in [1.807, 2.05) is 30.3 Å². The summed E-state index contributed by atoms with van der Waals surface area (Å²) in [4.78, 5) is 35.0. The molecule has 0 saturated heterocycles. The van der Waals surface area contributed by atoms with Crippen LogP contribution in [0, 0.1) is 5.92 Å². The Labute approximate surface area is 129 Å². The molecule has 0 radical (unpaired) electrons. The third-order valence-electron chi connectivity index (χ3n) is 3.62. The van der Waals surface area contributed by atoms with Crippen LogP contribution in [0.25, 0.3) is 11.3 Å². The van der Waals surface area contributed by atoms with E-state index in [-0.39, 0.29) is 23.8 Å². The first-order chi connectivity index (χ1) is 10.4. The standard InChI is InChI=1S/C18H18O4/c1-11(19)15(12(2)20)9-18-16(13(3)21)10-17(22-18)14-7-5-4-6-8-14/h4-8,10,15H,9H2,1-3H3. The van der Waals surface area contributed by atoms with Gasteiger partial charge in [0.15, 0.2) is 5.78 Å². The van der Waals surface area contributed by atoms with Crippen LogP contribution in [0.2, 0.25) is 0 Å². The Balaban J connectivity index is 2.42. The van der Waals surface area contributed by atoms with Gasteiger partial charge in [0, 0.05) is 12.0 Å². The Kier molecular flexibility index (Phi) is 4.71. The molecular weight excluding hydrogens is 280 g/mol. The van der Waals surface area contributed by atoms with Crippen molar-refractivity contribution in [2.75, 3.05) is 0 Å². The van der Waals surface area contributed by atoms with E-state index in [1.165, 1.54) is 20.8 Å². The average Bonchev–Trinajstić information content (AvgIpc) is 2.89. The molecule has 0 atom stereocenters. The van der Waals surface area contributed by atoms with Gasteiger partial charge in [-0.1, -0.05) is 30.3 Å². The maximum atomic E-state index is 11.8. The maximum Gasteiger partial charge on any atom is 0.163 e. The first kappa shape index (κ1) is 15.9. The number of benzene rings is 1. The van der Waals surface area contributed by atoms with Gasteiger partial charge in [-0.2, -0.15) is 0 Å². The van der Waals surface area contributed by atoms with E-state index in [0.717, 1.165) is 5.56 Å². The molecule has 22 heavy (non-hydrogen) atoms. The summed E-state index contributed by atoms with van der Waals surface area (Å²) in [5.41, 5.74) is 1.27. The summed E-state index contributed by atoms with van der Waals surface area (Å²) in [6.07, 6.45) is 0.117. The molecule has 0 saturated carbocycles. The highest BCUT2D eigenvalue weighted by Crippen LogP contribution is 2.28. The van der Waals surface area contributed by atoms with Gasteiger partial charge >= 0.3 is 0 Å². The molecule has 0 aliphatic heterocycles. The minimum absolute atomic E-state index is 0.117. The molecule has 0 amide bonds. The third-order valence-corrected chi connectivity index (χ3v) is 3.62. The van der Waals surface area contributed by atoms with Crippen molar-refractivity contribution >= 4 is 17.3 Å². The van der Waals surface area contributed by atoms with E-state index in [1.54, 1.807) is 6.07 Å². The number of Topliss-reactive ketones (excluding diaryl/α,β-unsaturated/α-hetero) is 3. The molecule has 0 fully saturated rings. The smallest absolute Gasteiger partial charge is 0.163 e. The van der Waals surface area contributed by atoms with Gasteiger partial charge in [-0.3, -0.25) is 14.4 Å². The van der Waals surface area contributed by atoms with Crippen molar-refractivity contribution in [3.8, 4) is 11.3 Å². The molecule has 0 N–H and O–H groups in total. The summed E-state index contributed by atoms with van der Waals surface area (Å²) < 4.78 is 5.77. The molecule has 114 valence electrons. The highest BCUT2D eigenvalue weighted by molar-refractivity contribution is 6.01. The highest BCUT2D eigenvalue weighted by Gasteiger charge is 2.25. The van der Waals surface area contributed by atoms with Gasteiger partial charge < -0.3 is 4.42 Å². The zero-order valence-corrected chi connectivity index (χ0v) is 12.9. The number of carbonyl (C=O) groups excluding carboxylic acids is 3. The van der Waals surface area contributed by atoms with Crippen molar-refractivity contribution < 1.29 is 18.8 Å². The molecule has 1 heterocycles. The topological polar surface area (TPSA) is 64.3 Å². The fourth-order valence-corrected chi connectivity index (χ4v) is 2.38. The summed E-state index contributed by atoms with van der Waals surface area (Å²) in [5.74, 6) is -0.410. The Morgan fingerprint density at radius 2 is 1.59 bits per heavy atom. The Bertz CT molecular complexity index is 696. The van der Waals surface area contributed by atoms with Crippen LogP contribution in [0.4, 0.5) is 0 Å². The van der Waals surface area contributed by atoms with Crippen molar-refractivity contribution in [1.82, 2.24) is 0 Å². The van der Waals surface area contributed by atoms with Crippen LogP contribution >= 0.6 is 0 Å². The fraction of sp³-hybridized carbons (Fsp3) is 0.278. The summed E-state index contributed by atoms with van der Waals surface area (Å²) >= 11 is 0. The lowest BCUT2D eigenvalue weighted by atomic mass is 9.94. The Morgan fingerprint density at radius 3 is 2.09 bits per heavy atom. The molecule has 2 aromatic rings. The van der Waals surface area contributed by atoms with Gasteiger partial charge in [0.2, 0.25) is 0 Å². The normalized spacial score (nSPS) is 10.7. The van der Waals surface area contributed by atoms with E-state index in [9.17, 15) is 14.4 Å². The van der Waals surface area contributed by atoms with E-state index in [0.29, 0.717) is 17.1 Å². The monoisotopic (exact) mass is 298 g/mol. The van der Waals surface area contributed by atoms with E-state index in [2.05, 4.69) is 0 Å². The fourth-order valence-electron chi connectivity index (χ4n) is 2.38. The van der Waals surface area contributed by atoms with E-state index >= 15 is 0 Å². The van der Waals surface area contributed by atoms with Crippen molar-refractivity contribution in [3.63, 3.8) is 0 Å². The molecular formula is C18H18O4. The number of ketones is 3. The molecule has 0 aliphatic rings. The van der Waals surface area contributed by atoms with Gasteiger partial charge in [0.25, 0.3) is 0 Å². The molecule has 1 aromatic heterocycles. The van der Waals surface area contributed by atoms with Crippen molar-refractivity contribution in [2.45, 2.75) is 27.2 Å². The van der Waals surface area contributed by atoms with Crippen LogP contribution in [0.5, 0.6) is 0 Å². The van der Waals surface area contributed by atoms with Crippen LogP contribution < -0.4 is 0 Å². The maximum absolute atomic E-state index is 11.8.